The monoisotopic (exact) mass is 580 g/mol. The van der Waals surface area contributed by atoms with Gasteiger partial charge in [-0.05, 0) is 81.1 Å². The van der Waals surface area contributed by atoms with Crippen LogP contribution in [0.15, 0.2) is 72.8 Å². The first-order chi connectivity index (χ1) is 20.0. The molecule has 0 saturated heterocycles. The maximum Gasteiger partial charge on any atom is 0.122 e. The number of benzene rings is 4. The average molecular weight is 581 g/mol. The summed E-state index contributed by atoms with van der Waals surface area (Å²) in [6.45, 7) is 7.63. The van der Waals surface area contributed by atoms with E-state index >= 15 is 0 Å². The van der Waals surface area contributed by atoms with Crippen LogP contribution in [0, 0.1) is 6.92 Å². The van der Waals surface area contributed by atoms with Gasteiger partial charge < -0.3 is 40.9 Å². The zero-order valence-electron chi connectivity index (χ0n) is 24.7. The Balaban J connectivity index is 0.000000281. The summed E-state index contributed by atoms with van der Waals surface area (Å²) >= 11 is 0. The smallest absolute Gasteiger partial charge is 0.122 e. The van der Waals surface area contributed by atoms with Gasteiger partial charge in [-0.3, -0.25) is 0 Å². The molecule has 0 atom stereocenters. The van der Waals surface area contributed by atoms with Gasteiger partial charge in [0.25, 0.3) is 0 Å². The molecule has 0 radical (unpaired) electrons. The molecule has 0 amide bonds. The Kier molecular flexibility index (Phi) is 15.6. The molecule has 4 rings (SSSR count). The number of phenols is 8. The molecule has 0 bridgehead atoms. The van der Waals surface area contributed by atoms with E-state index in [-0.39, 0.29) is 46.0 Å². The van der Waals surface area contributed by atoms with Gasteiger partial charge in [-0.15, -0.1) is 0 Å². The summed E-state index contributed by atoms with van der Waals surface area (Å²) in [4.78, 5) is 0. The van der Waals surface area contributed by atoms with E-state index in [1.165, 1.54) is 12.1 Å². The van der Waals surface area contributed by atoms with Crippen molar-refractivity contribution in [3.8, 4) is 46.0 Å². The van der Waals surface area contributed by atoms with E-state index in [9.17, 15) is 20.4 Å². The van der Waals surface area contributed by atoms with Gasteiger partial charge in [0.05, 0.1) is 0 Å². The average Bonchev–Trinajstić information content (AvgIpc) is 2.95. The Morgan fingerprint density at radius 3 is 0.976 bits per heavy atom. The van der Waals surface area contributed by atoms with Gasteiger partial charge in [-0.1, -0.05) is 57.9 Å². The first-order valence-corrected chi connectivity index (χ1v) is 13.9. The highest BCUT2D eigenvalue weighted by molar-refractivity contribution is 5.44. The standard InChI is InChI=1S/C10H14O2.C9H12O2.C8H10O2.C7H8O2/c1-2-3-5-8-9(11)6-4-7-10(8)12;1-2-4-7-8(10)5-3-6-9(7)11;1-2-6-7(9)4-3-5-8(6)10;1-5-6(8)3-2-4-7(5)9/h4,6-7,11-12H,2-3,5H2,1H3;3,5-6,10-11H,2,4H2,1H3;3-5,9-10H,2H2,1H3;2-4,8-9H,1H3. The molecule has 0 saturated carbocycles. The Hall–Kier alpha value is -4.72. The topological polar surface area (TPSA) is 162 Å². The summed E-state index contributed by atoms with van der Waals surface area (Å²) in [5.41, 5.74) is 2.45. The number of aromatic hydroxyl groups is 8. The molecule has 0 heterocycles. The predicted octanol–water partition coefficient (Wildman–Crippen LogP) is 7.56. The summed E-state index contributed by atoms with van der Waals surface area (Å²) in [6, 6.07) is 19.1. The minimum Gasteiger partial charge on any atom is -0.508 e. The number of unbranched alkanes of at least 4 members (excludes halogenated alkanes) is 1. The van der Waals surface area contributed by atoms with Crippen molar-refractivity contribution in [1.29, 1.82) is 0 Å². The molecule has 0 spiro atoms. The van der Waals surface area contributed by atoms with Gasteiger partial charge in [-0.2, -0.15) is 0 Å². The Labute approximate surface area is 248 Å². The number of hydrogen-bond acceptors (Lipinski definition) is 8. The minimum absolute atomic E-state index is 0.134. The van der Waals surface area contributed by atoms with Gasteiger partial charge in [-0.25, -0.2) is 0 Å². The van der Waals surface area contributed by atoms with Crippen LogP contribution in [0.1, 0.15) is 62.3 Å². The lowest BCUT2D eigenvalue weighted by Gasteiger charge is -2.05. The Morgan fingerprint density at radius 2 is 0.714 bits per heavy atom. The molecule has 42 heavy (non-hydrogen) atoms. The number of hydrogen-bond donors (Lipinski definition) is 8. The highest BCUT2D eigenvalue weighted by atomic mass is 16.3. The molecular weight excluding hydrogens is 536 g/mol. The lowest BCUT2D eigenvalue weighted by atomic mass is 10.1. The van der Waals surface area contributed by atoms with Gasteiger partial charge in [0.1, 0.15) is 46.0 Å². The summed E-state index contributed by atoms with van der Waals surface area (Å²) in [6.07, 6.45) is 5.09. The van der Waals surface area contributed by atoms with Crippen molar-refractivity contribution >= 4 is 0 Å². The molecular formula is C34H44O8. The van der Waals surface area contributed by atoms with Crippen molar-refractivity contribution in [2.75, 3.05) is 0 Å². The van der Waals surface area contributed by atoms with Crippen LogP contribution in [0.2, 0.25) is 0 Å². The van der Waals surface area contributed by atoms with Crippen LogP contribution in [0.3, 0.4) is 0 Å². The molecule has 228 valence electrons. The first kappa shape index (κ1) is 35.3. The molecule has 4 aromatic carbocycles. The van der Waals surface area contributed by atoms with E-state index < -0.39 is 0 Å². The van der Waals surface area contributed by atoms with Gasteiger partial charge in [0, 0.05) is 22.3 Å². The molecule has 8 nitrogen and oxygen atoms in total. The van der Waals surface area contributed by atoms with Crippen molar-refractivity contribution in [1.82, 2.24) is 0 Å². The van der Waals surface area contributed by atoms with E-state index in [4.69, 9.17) is 20.4 Å². The van der Waals surface area contributed by atoms with Crippen LogP contribution >= 0.6 is 0 Å². The van der Waals surface area contributed by atoms with Crippen LogP contribution in [0.25, 0.3) is 0 Å². The molecule has 0 fully saturated rings. The van der Waals surface area contributed by atoms with Crippen LogP contribution in [0.5, 0.6) is 46.0 Å². The lowest BCUT2D eigenvalue weighted by Crippen LogP contribution is -1.86. The van der Waals surface area contributed by atoms with Gasteiger partial charge >= 0.3 is 0 Å². The largest absolute Gasteiger partial charge is 0.508 e. The van der Waals surface area contributed by atoms with E-state index in [0.29, 0.717) is 28.7 Å². The summed E-state index contributed by atoms with van der Waals surface area (Å²) < 4.78 is 0. The Bertz CT molecular complexity index is 1290. The Morgan fingerprint density at radius 1 is 0.405 bits per heavy atom. The van der Waals surface area contributed by atoms with E-state index in [1.54, 1.807) is 67.6 Å². The third-order valence-electron chi connectivity index (χ3n) is 6.29. The fraction of sp³-hybridized carbons (Fsp3) is 0.294. The highest BCUT2D eigenvalue weighted by Crippen LogP contribution is 2.29. The maximum absolute atomic E-state index is 9.36. The molecule has 4 aromatic rings. The molecule has 0 aromatic heterocycles. The third-order valence-corrected chi connectivity index (χ3v) is 6.29. The quantitative estimate of drug-likeness (QED) is 0.116. The molecule has 8 N–H and O–H groups in total. The van der Waals surface area contributed by atoms with Crippen molar-refractivity contribution < 1.29 is 40.9 Å². The fourth-order valence-corrected chi connectivity index (χ4v) is 3.78. The van der Waals surface area contributed by atoms with E-state index in [0.717, 1.165) is 32.1 Å². The zero-order chi connectivity index (χ0) is 31.7. The van der Waals surface area contributed by atoms with E-state index in [1.807, 2.05) is 13.8 Å². The highest BCUT2D eigenvalue weighted by Gasteiger charge is 2.05. The van der Waals surface area contributed by atoms with Crippen LogP contribution < -0.4 is 0 Å². The normalized spacial score (nSPS) is 9.81. The molecule has 0 aliphatic rings. The van der Waals surface area contributed by atoms with Crippen LogP contribution in [-0.4, -0.2) is 40.9 Å². The van der Waals surface area contributed by atoms with Gasteiger partial charge in [0.2, 0.25) is 0 Å². The van der Waals surface area contributed by atoms with Crippen LogP contribution in [-0.2, 0) is 19.3 Å². The van der Waals surface area contributed by atoms with E-state index in [2.05, 4.69) is 6.92 Å². The number of phenolic OH excluding ortho intramolecular Hbond substituents is 8. The second kappa shape index (κ2) is 18.6. The molecule has 0 aliphatic heterocycles. The van der Waals surface area contributed by atoms with Crippen LogP contribution in [0.4, 0.5) is 0 Å². The summed E-state index contributed by atoms with van der Waals surface area (Å²) in [5.74, 6) is 1.38. The van der Waals surface area contributed by atoms with Crippen molar-refractivity contribution in [3.05, 3.63) is 95.1 Å². The maximum atomic E-state index is 9.36. The lowest BCUT2D eigenvalue weighted by molar-refractivity contribution is 0.436. The minimum atomic E-state index is 0.134. The molecule has 0 unspecified atom stereocenters. The zero-order valence-corrected chi connectivity index (χ0v) is 24.7. The SMILES string of the molecule is CCCCc1c(O)cccc1O.CCCc1c(O)cccc1O.CCc1c(O)cccc1O.Cc1c(O)cccc1O. The summed E-state index contributed by atoms with van der Waals surface area (Å²) in [5, 5.41) is 73.4. The predicted molar refractivity (Wildman–Crippen MR) is 166 cm³/mol. The fourth-order valence-electron chi connectivity index (χ4n) is 3.78. The van der Waals surface area contributed by atoms with Crippen molar-refractivity contribution in [2.45, 2.75) is 66.2 Å². The van der Waals surface area contributed by atoms with Gasteiger partial charge in [0.15, 0.2) is 0 Å². The summed E-state index contributed by atoms with van der Waals surface area (Å²) in [7, 11) is 0. The second-order valence-corrected chi connectivity index (χ2v) is 9.45. The third kappa shape index (κ3) is 11.4. The number of rotatable bonds is 6. The molecule has 0 aliphatic carbocycles. The van der Waals surface area contributed by atoms with Crippen molar-refractivity contribution in [2.24, 2.45) is 0 Å². The first-order valence-electron chi connectivity index (χ1n) is 13.9. The molecule has 8 heteroatoms. The van der Waals surface area contributed by atoms with Crippen molar-refractivity contribution in [3.63, 3.8) is 0 Å². The second-order valence-electron chi connectivity index (χ2n) is 9.45.